The van der Waals surface area contributed by atoms with E-state index in [9.17, 15) is 43.2 Å². The molecule has 0 aliphatic rings. The average Bonchev–Trinajstić information content (AvgIpc) is 3.39. The molecule has 17 nitrogen and oxygen atoms in total. The topological polar surface area (TPSA) is 237 Å². The molecule has 0 rings (SSSR count). The molecule has 0 saturated heterocycles. The Kier molecular flexibility index (Phi) is 50.8. The predicted octanol–water partition coefficient (Wildman–Crippen LogP) is 15.5. The zero-order valence-electron chi connectivity index (χ0n) is 49.1. The van der Waals surface area contributed by atoms with E-state index < -0.39 is 97.5 Å². The van der Waals surface area contributed by atoms with Crippen LogP contribution in [0.1, 0.15) is 285 Å². The van der Waals surface area contributed by atoms with Gasteiger partial charge in [-0.3, -0.25) is 37.3 Å². The molecule has 0 bridgehead atoms. The lowest BCUT2D eigenvalue weighted by molar-refractivity contribution is -0.161. The highest BCUT2D eigenvalue weighted by Crippen LogP contribution is 2.45. The first-order valence-electron chi connectivity index (χ1n) is 30.6. The smallest absolute Gasteiger partial charge is 0.462 e. The van der Waals surface area contributed by atoms with Crippen molar-refractivity contribution in [1.29, 1.82) is 0 Å². The van der Waals surface area contributed by atoms with E-state index in [1.54, 1.807) is 0 Å². The van der Waals surface area contributed by atoms with Gasteiger partial charge < -0.3 is 33.8 Å². The summed E-state index contributed by atoms with van der Waals surface area (Å²) in [5.41, 5.74) is 0. The third-order valence-electron chi connectivity index (χ3n) is 13.3. The van der Waals surface area contributed by atoms with Gasteiger partial charge in [-0.25, -0.2) is 9.13 Å². The standard InChI is InChI=1S/C58H112O17P2/c1-6-9-12-15-18-19-23-28-32-37-42-56(61)69-48-54(75-58(63)44-39-34-29-24-21-20-22-27-30-35-40-51(4)5)50-73-77(66,67)71-46-52(59)45-70-76(64,65)72-49-53(74-57(62)43-38-33-26-17-14-11-8-3)47-68-55(60)41-36-31-25-16-13-10-7-2/h51-54,59H,6-50H2,1-5H3,(H,64,65)(H,66,67)/t52-,53+,54+/m0/s1. The van der Waals surface area contributed by atoms with Crippen molar-refractivity contribution in [3.05, 3.63) is 0 Å². The van der Waals surface area contributed by atoms with Crippen molar-refractivity contribution in [3.63, 3.8) is 0 Å². The number of carbonyl (C=O) groups is 4. The molecule has 0 aromatic heterocycles. The summed E-state index contributed by atoms with van der Waals surface area (Å²) in [6.45, 7) is 7.05. The van der Waals surface area contributed by atoms with Gasteiger partial charge >= 0.3 is 39.5 Å². The van der Waals surface area contributed by atoms with Gasteiger partial charge in [-0.2, -0.15) is 0 Å². The highest BCUT2D eigenvalue weighted by Gasteiger charge is 2.30. The van der Waals surface area contributed by atoms with Gasteiger partial charge in [0, 0.05) is 25.7 Å². The van der Waals surface area contributed by atoms with E-state index in [-0.39, 0.29) is 25.7 Å². The molecular weight excluding hydrogens is 1030 g/mol. The van der Waals surface area contributed by atoms with E-state index >= 15 is 0 Å². The van der Waals surface area contributed by atoms with Crippen molar-refractivity contribution >= 4 is 39.5 Å². The number of phosphoric ester groups is 2. The van der Waals surface area contributed by atoms with Crippen LogP contribution in [-0.2, 0) is 65.4 Å². The number of unbranched alkanes of at least 4 members (excludes halogenated alkanes) is 30. The van der Waals surface area contributed by atoms with Crippen LogP contribution in [0.2, 0.25) is 0 Å². The first-order valence-corrected chi connectivity index (χ1v) is 33.6. The number of aliphatic hydroxyl groups excluding tert-OH is 1. The van der Waals surface area contributed by atoms with Crippen molar-refractivity contribution in [2.45, 2.75) is 303 Å². The maximum absolute atomic E-state index is 12.9. The number of esters is 4. The molecule has 0 fully saturated rings. The van der Waals surface area contributed by atoms with E-state index in [1.165, 1.54) is 83.5 Å². The van der Waals surface area contributed by atoms with E-state index in [0.717, 1.165) is 121 Å². The van der Waals surface area contributed by atoms with E-state index in [4.69, 9.17) is 37.0 Å². The minimum Gasteiger partial charge on any atom is -0.462 e. The highest BCUT2D eigenvalue weighted by molar-refractivity contribution is 7.47. The van der Waals surface area contributed by atoms with Gasteiger partial charge in [-0.15, -0.1) is 0 Å². The molecule has 0 saturated carbocycles. The second-order valence-corrected chi connectivity index (χ2v) is 24.4. The minimum absolute atomic E-state index is 0.103. The zero-order chi connectivity index (χ0) is 57.1. The van der Waals surface area contributed by atoms with Crippen LogP contribution in [-0.4, -0.2) is 96.7 Å². The van der Waals surface area contributed by atoms with Gasteiger partial charge in [0.15, 0.2) is 12.2 Å². The van der Waals surface area contributed by atoms with Crippen molar-refractivity contribution in [1.82, 2.24) is 0 Å². The number of aliphatic hydroxyl groups is 1. The molecule has 0 aromatic carbocycles. The van der Waals surface area contributed by atoms with E-state index in [0.29, 0.717) is 25.7 Å². The lowest BCUT2D eigenvalue weighted by atomic mass is 10.0. The normalized spacial score (nSPS) is 14.4. The second kappa shape index (κ2) is 52.2. The first kappa shape index (κ1) is 75.1. The largest absolute Gasteiger partial charge is 0.472 e. The number of rotatable bonds is 58. The van der Waals surface area contributed by atoms with Crippen LogP contribution >= 0.6 is 15.6 Å². The Morgan fingerprint density at radius 1 is 0.351 bits per heavy atom. The minimum atomic E-state index is -4.94. The Balaban J connectivity index is 5.19. The van der Waals surface area contributed by atoms with Crippen LogP contribution in [0, 0.1) is 5.92 Å². The fraction of sp³-hybridized carbons (Fsp3) is 0.931. The van der Waals surface area contributed by atoms with Gasteiger partial charge in [-0.05, 0) is 31.6 Å². The molecular formula is C58H112O17P2. The number of ether oxygens (including phenoxy) is 4. The first-order chi connectivity index (χ1) is 37.0. The SMILES string of the molecule is CCCCCCCCCCCCC(=O)OC[C@H](COP(=O)(O)OC[C@@H](O)COP(=O)(O)OC[C@@H](COC(=O)CCCCCCCCC)OC(=O)CCCCCCCCC)OC(=O)CCCCCCCCCCCCC(C)C. The lowest BCUT2D eigenvalue weighted by Gasteiger charge is -2.21. The van der Waals surface area contributed by atoms with Crippen molar-refractivity contribution in [3.8, 4) is 0 Å². The maximum Gasteiger partial charge on any atom is 0.472 e. The summed E-state index contributed by atoms with van der Waals surface area (Å²) in [6.07, 6.45) is 33.7. The molecule has 5 atom stereocenters. The van der Waals surface area contributed by atoms with Crippen molar-refractivity contribution in [2.24, 2.45) is 5.92 Å². The molecule has 3 N–H and O–H groups in total. The van der Waals surface area contributed by atoms with Crippen LogP contribution in [0.4, 0.5) is 0 Å². The van der Waals surface area contributed by atoms with Crippen LogP contribution in [0.15, 0.2) is 0 Å². The lowest BCUT2D eigenvalue weighted by Crippen LogP contribution is -2.30. The van der Waals surface area contributed by atoms with Crippen LogP contribution in [0.3, 0.4) is 0 Å². The van der Waals surface area contributed by atoms with Gasteiger partial charge in [0.05, 0.1) is 26.4 Å². The monoisotopic (exact) mass is 1140 g/mol. The van der Waals surface area contributed by atoms with Gasteiger partial charge in [-0.1, -0.05) is 234 Å². The quantitative estimate of drug-likeness (QED) is 0.0222. The summed E-state index contributed by atoms with van der Waals surface area (Å²) in [5.74, 6) is -1.40. The summed E-state index contributed by atoms with van der Waals surface area (Å²) < 4.78 is 67.5. The Morgan fingerprint density at radius 2 is 0.597 bits per heavy atom. The second-order valence-electron chi connectivity index (χ2n) is 21.5. The van der Waals surface area contributed by atoms with Crippen LogP contribution in [0.25, 0.3) is 0 Å². The third-order valence-corrected chi connectivity index (χ3v) is 15.2. The molecule has 0 amide bonds. The molecule has 0 heterocycles. The summed E-state index contributed by atoms with van der Waals surface area (Å²) >= 11 is 0. The molecule has 2 unspecified atom stereocenters. The fourth-order valence-corrected chi connectivity index (χ4v) is 10.1. The van der Waals surface area contributed by atoms with Crippen LogP contribution in [0.5, 0.6) is 0 Å². The molecule has 0 radical (unpaired) electrons. The molecule has 0 aromatic rings. The Bertz CT molecular complexity index is 1520. The molecule has 0 aliphatic carbocycles. The number of hydrogen-bond donors (Lipinski definition) is 3. The molecule has 456 valence electrons. The Hall–Kier alpha value is -1.94. The fourth-order valence-electron chi connectivity index (χ4n) is 8.52. The molecule has 0 spiro atoms. The van der Waals surface area contributed by atoms with Crippen molar-refractivity contribution < 1.29 is 80.2 Å². The summed E-state index contributed by atoms with van der Waals surface area (Å²) in [4.78, 5) is 71.7. The third kappa shape index (κ3) is 53.2. The highest BCUT2D eigenvalue weighted by atomic mass is 31.2. The number of carbonyl (C=O) groups excluding carboxylic acids is 4. The number of phosphoric acid groups is 2. The maximum atomic E-state index is 12.9. The van der Waals surface area contributed by atoms with Gasteiger partial charge in [0.1, 0.15) is 19.3 Å². The van der Waals surface area contributed by atoms with Gasteiger partial charge in [0.2, 0.25) is 0 Å². The zero-order valence-corrected chi connectivity index (χ0v) is 50.9. The van der Waals surface area contributed by atoms with E-state index in [2.05, 4.69) is 34.6 Å². The summed E-state index contributed by atoms with van der Waals surface area (Å²) in [6, 6.07) is 0. The molecule has 0 aliphatic heterocycles. The average molecular weight is 1140 g/mol. The molecule has 77 heavy (non-hydrogen) atoms. The summed E-state index contributed by atoms with van der Waals surface area (Å²) in [5, 5.41) is 10.5. The van der Waals surface area contributed by atoms with E-state index in [1.807, 2.05) is 0 Å². The van der Waals surface area contributed by atoms with Crippen LogP contribution < -0.4 is 0 Å². The predicted molar refractivity (Wildman–Crippen MR) is 303 cm³/mol. The Labute approximate surface area is 467 Å². The number of hydrogen-bond acceptors (Lipinski definition) is 15. The summed E-state index contributed by atoms with van der Waals surface area (Å²) in [7, 11) is -9.86. The Morgan fingerprint density at radius 3 is 0.883 bits per heavy atom. The molecule has 19 heteroatoms. The van der Waals surface area contributed by atoms with Crippen molar-refractivity contribution in [2.75, 3.05) is 39.6 Å². The van der Waals surface area contributed by atoms with Gasteiger partial charge in [0.25, 0.3) is 0 Å².